The van der Waals surface area contributed by atoms with Crippen LogP contribution >= 0.6 is 23.2 Å². The maximum Gasteiger partial charge on any atom is 0.242 e. The molecule has 0 heterocycles. The van der Waals surface area contributed by atoms with Gasteiger partial charge in [0.15, 0.2) is 0 Å². The van der Waals surface area contributed by atoms with Gasteiger partial charge in [0, 0.05) is 41.7 Å². The van der Waals surface area contributed by atoms with E-state index < -0.39 is 16.1 Å². The van der Waals surface area contributed by atoms with Crippen LogP contribution < -0.4 is 14.4 Å². The molecule has 0 saturated carbocycles. The highest BCUT2D eigenvalue weighted by atomic mass is 35.5. The summed E-state index contributed by atoms with van der Waals surface area (Å²) in [7, 11) is -3.65. The number of anilines is 1. The molecule has 2 rings (SSSR count). The number of benzene rings is 2. The molecule has 0 bridgehead atoms. The smallest absolute Gasteiger partial charge is 0.242 e. The molecule has 0 fully saturated rings. The van der Waals surface area contributed by atoms with Crippen LogP contribution in [0.2, 0.25) is 10.0 Å². The summed E-state index contributed by atoms with van der Waals surface area (Å²) in [5.74, 6) is -0.110. The van der Waals surface area contributed by atoms with E-state index in [1.807, 2.05) is 20.8 Å². The number of hydrogen-bond acceptors (Lipinski definition) is 5. The minimum atomic E-state index is -3.65. The van der Waals surface area contributed by atoms with Crippen molar-refractivity contribution in [3.05, 3.63) is 58.1 Å². The number of nitrogens with zero attached hydrogens (tertiary/aromatic N) is 2. The Morgan fingerprint density at radius 2 is 1.68 bits per heavy atom. The molecule has 38 heavy (non-hydrogen) atoms. The first-order valence-corrected chi connectivity index (χ1v) is 15.3. The average Bonchev–Trinajstić information content (AvgIpc) is 2.86. The van der Waals surface area contributed by atoms with E-state index in [1.165, 1.54) is 9.21 Å². The number of nitrogens with one attached hydrogen (secondary N) is 1. The van der Waals surface area contributed by atoms with Crippen molar-refractivity contribution in [2.45, 2.75) is 59.0 Å². The van der Waals surface area contributed by atoms with Crippen LogP contribution in [0.5, 0.6) is 5.75 Å². The lowest BCUT2D eigenvalue weighted by Gasteiger charge is -2.31. The SMILES string of the molecule is CCCNC(=O)[C@@H](CC)N(Cc1c(Cl)cccc1Cl)C(=O)CCCN(c1ccccc1OCC)S(C)(=O)=O. The minimum Gasteiger partial charge on any atom is -0.492 e. The molecule has 210 valence electrons. The highest BCUT2D eigenvalue weighted by Gasteiger charge is 2.30. The van der Waals surface area contributed by atoms with Crippen molar-refractivity contribution in [3.63, 3.8) is 0 Å². The van der Waals surface area contributed by atoms with Crippen molar-refractivity contribution in [2.24, 2.45) is 0 Å². The van der Waals surface area contributed by atoms with E-state index in [4.69, 9.17) is 27.9 Å². The second-order valence-corrected chi connectivity index (χ2v) is 11.5. The topological polar surface area (TPSA) is 96.0 Å². The van der Waals surface area contributed by atoms with Crippen LogP contribution in [0.15, 0.2) is 42.5 Å². The first kappa shape index (κ1) is 31.7. The molecule has 0 unspecified atom stereocenters. The number of para-hydroxylation sites is 2. The zero-order chi connectivity index (χ0) is 28.3. The monoisotopic (exact) mass is 585 g/mol. The van der Waals surface area contributed by atoms with Gasteiger partial charge in [-0.2, -0.15) is 0 Å². The molecule has 2 aromatic rings. The molecule has 11 heteroatoms. The van der Waals surface area contributed by atoms with Crippen LogP contribution in [0.25, 0.3) is 0 Å². The van der Waals surface area contributed by atoms with Gasteiger partial charge < -0.3 is 15.0 Å². The average molecular weight is 587 g/mol. The van der Waals surface area contributed by atoms with E-state index in [-0.39, 0.29) is 37.7 Å². The van der Waals surface area contributed by atoms with Gasteiger partial charge in [-0.1, -0.05) is 55.2 Å². The highest BCUT2D eigenvalue weighted by molar-refractivity contribution is 7.92. The summed E-state index contributed by atoms with van der Waals surface area (Å²) in [6, 6.07) is 11.2. The van der Waals surface area contributed by atoms with Crippen LogP contribution in [-0.2, 0) is 26.2 Å². The standard InChI is InChI=1S/C27H37Cl2N3O5S/c1-5-17-30-27(34)23(6-2)31(19-20-21(28)12-10-13-22(20)29)26(33)16-11-18-32(38(4,35)36)24-14-8-9-15-25(24)37-7-3/h8-10,12-15,23H,5-7,11,16-19H2,1-4H3,(H,30,34)/t23-/m1/s1. The molecule has 0 aliphatic heterocycles. The first-order chi connectivity index (χ1) is 18.0. The predicted molar refractivity (Wildman–Crippen MR) is 153 cm³/mol. The molecule has 0 aromatic heterocycles. The quantitative estimate of drug-likeness (QED) is 0.307. The van der Waals surface area contributed by atoms with E-state index in [9.17, 15) is 18.0 Å². The Hall–Kier alpha value is -2.49. The van der Waals surface area contributed by atoms with Gasteiger partial charge in [0.05, 0.1) is 18.6 Å². The fraction of sp³-hybridized carbons (Fsp3) is 0.481. The number of sulfonamides is 1. The van der Waals surface area contributed by atoms with Crippen molar-refractivity contribution in [2.75, 3.05) is 30.3 Å². The number of carbonyl (C=O) groups excluding carboxylic acids is 2. The predicted octanol–water partition coefficient (Wildman–Crippen LogP) is 5.27. The molecule has 2 amide bonds. The van der Waals surface area contributed by atoms with Crippen molar-refractivity contribution < 1.29 is 22.7 Å². The van der Waals surface area contributed by atoms with E-state index >= 15 is 0 Å². The van der Waals surface area contributed by atoms with Crippen molar-refractivity contribution in [1.82, 2.24) is 10.2 Å². The van der Waals surface area contributed by atoms with Gasteiger partial charge in [-0.05, 0) is 50.5 Å². The fourth-order valence-electron chi connectivity index (χ4n) is 4.06. The zero-order valence-electron chi connectivity index (χ0n) is 22.4. The Balaban J connectivity index is 2.29. The lowest BCUT2D eigenvalue weighted by Crippen LogP contribution is -2.49. The summed E-state index contributed by atoms with van der Waals surface area (Å²) in [6.45, 7) is 6.59. The summed E-state index contributed by atoms with van der Waals surface area (Å²) in [5.41, 5.74) is 0.962. The minimum absolute atomic E-state index is 0.0163. The number of amides is 2. The van der Waals surface area contributed by atoms with Gasteiger partial charge in [0.2, 0.25) is 21.8 Å². The summed E-state index contributed by atoms with van der Waals surface area (Å²) < 4.78 is 32.2. The van der Waals surface area contributed by atoms with Gasteiger partial charge in [-0.15, -0.1) is 0 Å². The van der Waals surface area contributed by atoms with Gasteiger partial charge in [-0.3, -0.25) is 13.9 Å². The molecule has 1 atom stereocenters. The molecular formula is C27H37Cl2N3O5S. The van der Waals surface area contributed by atoms with E-state index in [0.717, 1.165) is 12.7 Å². The summed E-state index contributed by atoms with van der Waals surface area (Å²) in [6.07, 6.45) is 2.51. The molecule has 0 aliphatic carbocycles. The number of hydrogen-bond donors (Lipinski definition) is 1. The second-order valence-electron chi connectivity index (χ2n) is 8.78. The second kappa shape index (κ2) is 15.2. The molecular weight excluding hydrogens is 549 g/mol. The Kier molecular flexibility index (Phi) is 12.7. The van der Waals surface area contributed by atoms with E-state index in [1.54, 1.807) is 42.5 Å². The lowest BCUT2D eigenvalue weighted by molar-refractivity contribution is -0.141. The molecule has 0 spiro atoms. The maximum atomic E-state index is 13.6. The summed E-state index contributed by atoms with van der Waals surface area (Å²) >= 11 is 12.8. The number of carbonyl (C=O) groups is 2. The van der Waals surface area contributed by atoms with Crippen LogP contribution in [0.3, 0.4) is 0 Å². The zero-order valence-corrected chi connectivity index (χ0v) is 24.7. The van der Waals surface area contributed by atoms with E-state index in [0.29, 0.717) is 46.6 Å². The normalized spacial score (nSPS) is 12.1. The summed E-state index contributed by atoms with van der Waals surface area (Å²) in [4.78, 5) is 28.0. The number of halogens is 2. The van der Waals surface area contributed by atoms with Crippen LogP contribution in [0.1, 0.15) is 52.0 Å². The lowest BCUT2D eigenvalue weighted by atomic mass is 10.1. The third-order valence-electron chi connectivity index (χ3n) is 5.91. The van der Waals surface area contributed by atoms with Crippen LogP contribution in [0, 0.1) is 0 Å². The Labute approximate surface area is 236 Å². The first-order valence-electron chi connectivity index (χ1n) is 12.7. The molecule has 2 aromatic carbocycles. The Bertz CT molecular complexity index is 1170. The fourth-order valence-corrected chi connectivity index (χ4v) is 5.55. The molecule has 1 N–H and O–H groups in total. The van der Waals surface area contributed by atoms with Gasteiger partial charge in [0.1, 0.15) is 11.8 Å². The van der Waals surface area contributed by atoms with Crippen LogP contribution in [-0.4, -0.2) is 57.1 Å². The Morgan fingerprint density at radius 1 is 1.03 bits per heavy atom. The maximum absolute atomic E-state index is 13.6. The van der Waals surface area contributed by atoms with Crippen molar-refractivity contribution in [3.8, 4) is 5.75 Å². The summed E-state index contributed by atoms with van der Waals surface area (Å²) in [5, 5.41) is 3.66. The van der Waals surface area contributed by atoms with E-state index in [2.05, 4.69) is 5.32 Å². The third-order valence-corrected chi connectivity index (χ3v) is 7.80. The highest BCUT2D eigenvalue weighted by Crippen LogP contribution is 2.31. The third kappa shape index (κ3) is 8.78. The Morgan fingerprint density at radius 3 is 2.26 bits per heavy atom. The number of rotatable bonds is 15. The van der Waals surface area contributed by atoms with Gasteiger partial charge in [-0.25, -0.2) is 8.42 Å². The van der Waals surface area contributed by atoms with Crippen molar-refractivity contribution >= 4 is 50.7 Å². The number of ether oxygens (including phenoxy) is 1. The molecule has 0 saturated heterocycles. The van der Waals surface area contributed by atoms with Gasteiger partial charge >= 0.3 is 0 Å². The molecule has 8 nitrogen and oxygen atoms in total. The van der Waals surface area contributed by atoms with Crippen LogP contribution in [0.4, 0.5) is 5.69 Å². The largest absolute Gasteiger partial charge is 0.492 e. The molecule has 0 aliphatic rings. The van der Waals surface area contributed by atoms with Crippen molar-refractivity contribution in [1.29, 1.82) is 0 Å². The molecule has 0 radical (unpaired) electrons. The van der Waals surface area contributed by atoms with Gasteiger partial charge in [0.25, 0.3) is 0 Å².